The van der Waals surface area contributed by atoms with Crippen molar-refractivity contribution >= 4 is 6.09 Å². The molecule has 1 saturated carbocycles. The fraction of sp³-hybridized carbons (Fsp3) is 0.947. The molecule has 23 heavy (non-hydrogen) atoms. The van der Waals surface area contributed by atoms with E-state index in [1.165, 1.54) is 25.7 Å². The summed E-state index contributed by atoms with van der Waals surface area (Å²) in [7, 11) is 0. The molecule has 2 unspecified atom stereocenters. The maximum atomic E-state index is 12.4. The summed E-state index contributed by atoms with van der Waals surface area (Å²) in [6, 6.07) is 0. The second-order valence-corrected chi connectivity index (χ2v) is 9.14. The van der Waals surface area contributed by atoms with Crippen LogP contribution in [0.3, 0.4) is 0 Å². The second kappa shape index (κ2) is 8.36. The summed E-state index contributed by atoms with van der Waals surface area (Å²) in [5, 5.41) is 3.55. The van der Waals surface area contributed by atoms with Crippen molar-refractivity contribution < 1.29 is 9.53 Å². The van der Waals surface area contributed by atoms with Gasteiger partial charge in [-0.3, -0.25) is 0 Å². The molecule has 2 atom stereocenters. The maximum absolute atomic E-state index is 12.4. The minimum absolute atomic E-state index is 0.224. The normalized spacial score (nSPS) is 22.7. The Bertz CT molecular complexity index is 369. The summed E-state index contributed by atoms with van der Waals surface area (Å²) in [4.78, 5) is 14.2. The third-order valence-corrected chi connectivity index (χ3v) is 4.41. The molecule has 1 amide bonds. The Kier molecular flexibility index (Phi) is 7.37. The van der Waals surface area contributed by atoms with E-state index in [1.807, 2.05) is 25.7 Å². The van der Waals surface area contributed by atoms with Crippen molar-refractivity contribution in [1.82, 2.24) is 10.2 Å². The van der Waals surface area contributed by atoms with Gasteiger partial charge in [-0.05, 0) is 72.8 Å². The summed E-state index contributed by atoms with van der Waals surface area (Å²) >= 11 is 0. The zero-order valence-electron chi connectivity index (χ0n) is 16.4. The number of carbonyl (C=O) groups is 1. The Morgan fingerprint density at radius 1 is 1.17 bits per heavy atom. The van der Waals surface area contributed by atoms with Crippen LogP contribution in [0.25, 0.3) is 0 Å². The third-order valence-electron chi connectivity index (χ3n) is 4.41. The number of carbonyl (C=O) groups excluding carboxylic acids is 1. The average molecular weight is 327 g/mol. The van der Waals surface area contributed by atoms with E-state index in [1.54, 1.807) is 0 Å². The summed E-state index contributed by atoms with van der Waals surface area (Å²) in [5.41, 5.74) is -0.685. The molecule has 0 aromatic rings. The van der Waals surface area contributed by atoms with Gasteiger partial charge in [0.05, 0.1) is 0 Å². The summed E-state index contributed by atoms with van der Waals surface area (Å²) in [6.45, 7) is 16.8. The molecule has 0 aliphatic heterocycles. The second-order valence-electron chi connectivity index (χ2n) is 9.14. The van der Waals surface area contributed by atoms with Crippen LogP contribution in [0.5, 0.6) is 0 Å². The average Bonchev–Trinajstić information content (AvgIpc) is 2.34. The van der Waals surface area contributed by atoms with E-state index >= 15 is 0 Å². The highest BCUT2D eigenvalue weighted by Crippen LogP contribution is 2.27. The summed E-state index contributed by atoms with van der Waals surface area (Å²) in [6.07, 6.45) is 5.19. The summed E-state index contributed by atoms with van der Waals surface area (Å²) < 4.78 is 5.55. The molecule has 0 saturated heterocycles. The molecular formula is C19H38N2O2. The number of hydrogen-bond donors (Lipinski definition) is 1. The first-order chi connectivity index (χ1) is 10.5. The molecule has 0 bridgehead atoms. The molecule has 0 aromatic carbocycles. The molecule has 136 valence electrons. The minimum Gasteiger partial charge on any atom is -0.444 e. The Morgan fingerprint density at radius 3 is 2.35 bits per heavy atom. The number of nitrogens with zero attached hydrogens (tertiary/aromatic N) is 1. The van der Waals surface area contributed by atoms with E-state index in [-0.39, 0.29) is 11.6 Å². The summed E-state index contributed by atoms with van der Waals surface area (Å²) in [5.74, 6) is 1.66. The highest BCUT2D eigenvalue weighted by atomic mass is 16.6. The Morgan fingerprint density at radius 2 is 1.83 bits per heavy atom. The van der Waals surface area contributed by atoms with Crippen LogP contribution < -0.4 is 5.32 Å². The van der Waals surface area contributed by atoms with Gasteiger partial charge in [0.15, 0.2) is 0 Å². The maximum Gasteiger partial charge on any atom is 0.410 e. The number of nitrogens with one attached hydrogen (secondary N) is 1. The van der Waals surface area contributed by atoms with Crippen molar-refractivity contribution in [3.05, 3.63) is 0 Å². The highest BCUT2D eigenvalue weighted by Gasteiger charge is 2.30. The SMILES string of the molecule is CC1CCCC(CNCCN(C(=O)OC(C)(C)C)C(C)(C)C)C1. The topological polar surface area (TPSA) is 41.6 Å². The number of hydrogen-bond acceptors (Lipinski definition) is 3. The first-order valence-electron chi connectivity index (χ1n) is 9.20. The predicted molar refractivity (Wildman–Crippen MR) is 96.7 cm³/mol. The highest BCUT2D eigenvalue weighted by molar-refractivity contribution is 5.69. The molecule has 1 N–H and O–H groups in total. The first kappa shape index (κ1) is 20.3. The first-order valence-corrected chi connectivity index (χ1v) is 9.20. The van der Waals surface area contributed by atoms with Crippen LogP contribution in [-0.2, 0) is 4.74 Å². The Balaban J connectivity index is 2.41. The molecule has 0 spiro atoms. The zero-order chi connectivity index (χ0) is 17.7. The molecule has 0 heterocycles. The van der Waals surface area contributed by atoms with Gasteiger partial charge >= 0.3 is 6.09 Å². The Hall–Kier alpha value is -0.770. The molecule has 0 radical (unpaired) electrons. The molecule has 4 nitrogen and oxygen atoms in total. The van der Waals surface area contributed by atoms with Gasteiger partial charge in [-0.25, -0.2) is 4.79 Å². The minimum atomic E-state index is -0.452. The van der Waals surface area contributed by atoms with Crippen molar-refractivity contribution in [2.45, 2.75) is 85.3 Å². The van der Waals surface area contributed by atoms with Gasteiger partial charge in [0.25, 0.3) is 0 Å². The van der Waals surface area contributed by atoms with Crippen LogP contribution in [0.1, 0.15) is 74.1 Å². The Labute approximate surface area is 143 Å². The number of rotatable bonds is 5. The van der Waals surface area contributed by atoms with Crippen molar-refractivity contribution in [2.24, 2.45) is 11.8 Å². The van der Waals surface area contributed by atoms with E-state index in [0.717, 1.165) is 24.9 Å². The zero-order valence-corrected chi connectivity index (χ0v) is 16.4. The van der Waals surface area contributed by atoms with Crippen LogP contribution >= 0.6 is 0 Å². The van der Waals surface area contributed by atoms with Gasteiger partial charge in [0, 0.05) is 18.6 Å². The molecular weight excluding hydrogens is 288 g/mol. The van der Waals surface area contributed by atoms with E-state index in [0.29, 0.717) is 6.54 Å². The van der Waals surface area contributed by atoms with Gasteiger partial charge in [-0.1, -0.05) is 19.8 Å². The van der Waals surface area contributed by atoms with Crippen LogP contribution in [0.2, 0.25) is 0 Å². The van der Waals surface area contributed by atoms with Gasteiger partial charge < -0.3 is 15.0 Å². The van der Waals surface area contributed by atoms with Gasteiger partial charge in [0.2, 0.25) is 0 Å². The van der Waals surface area contributed by atoms with Gasteiger partial charge in [0.1, 0.15) is 5.60 Å². The van der Waals surface area contributed by atoms with Crippen LogP contribution in [-0.4, -0.2) is 41.8 Å². The van der Waals surface area contributed by atoms with Crippen LogP contribution in [0, 0.1) is 11.8 Å². The molecule has 1 aliphatic rings. The van der Waals surface area contributed by atoms with E-state index in [2.05, 4.69) is 33.0 Å². The fourth-order valence-corrected chi connectivity index (χ4v) is 3.26. The predicted octanol–water partition coefficient (Wildman–Crippen LogP) is 4.44. The van der Waals surface area contributed by atoms with E-state index in [9.17, 15) is 4.79 Å². The smallest absolute Gasteiger partial charge is 0.410 e. The quantitative estimate of drug-likeness (QED) is 0.760. The lowest BCUT2D eigenvalue weighted by Crippen LogP contribution is -2.50. The molecule has 1 rings (SSSR count). The number of amides is 1. The van der Waals surface area contributed by atoms with Crippen molar-refractivity contribution in [3.63, 3.8) is 0 Å². The fourth-order valence-electron chi connectivity index (χ4n) is 3.26. The van der Waals surface area contributed by atoms with E-state index < -0.39 is 5.60 Å². The lowest BCUT2D eigenvalue weighted by atomic mass is 9.82. The van der Waals surface area contributed by atoms with Crippen molar-refractivity contribution in [3.8, 4) is 0 Å². The van der Waals surface area contributed by atoms with Gasteiger partial charge in [-0.2, -0.15) is 0 Å². The molecule has 1 aliphatic carbocycles. The van der Waals surface area contributed by atoms with Crippen molar-refractivity contribution in [1.29, 1.82) is 0 Å². The van der Waals surface area contributed by atoms with Gasteiger partial charge in [-0.15, -0.1) is 0 Å². The third kappa shape index (κ3) is 8.05. The lowest BCUT2D eigenvalue weighted by Gasteiger charge is -2.37. The largest absolute Gasteiger partial charge is 0.444 e. The molecule has 4 heteroatoms. The van der Waals surface area contributed by atoms with Crippen LogP contribution in [0.15, 0.2) is 0 Å². The standard InChI is InChI=1S/C19H38N2O2/c1-15-9-8-10-16(13-15)14-20-11-12-21(18(2,3)4)17(22)23-19(5,6)7/h15-16,20H,8-14H2,1-7H3. The van der Waals surface area contributed by atoms with Crippen molar-refractivity contribution in [2.75, 3.05) is 19.6 Å². The lowest BCUT2D eigenvalue weighted by molar-refractivity contribution is 0.00658. The van der Waals surface area contributed by atoms with E-state index in [4.69, 9.17) is 4.74 Å². The van der Waals surface area contributed by atoms with Crippen LogP contribution in [0.4, 0.5) is 4.79 Å². The monoisotopic (exact) mass is 326 g/mol. The molecule has 0 aromatic heterocycles. The molecule has 1 fully saturated rings. The number of ether oxygens (including phenoxy) is 1.